The average molecular weight is 235 g/mol. The lowest BCUT2D eigenvalue weighted by molar-refractivity contribution is 0.199. The van der Waals surface area contributed by atoms with Crippen LogP contribution in [0.4, 0.5) is 0 Å². The number of hydrogen-bond acceptors (Lipinski definition) is 3. The Morgan fingerprint density at radius 2 is 2.00 bits per heavy atom. The highest BCUT2D eigenvalue weighted by molar-refractivity contribution is 5.13. The highest BCUT2D eigenvalue weighted by atomic mass is 15.2. The number of likely N-dealkylation sites (tertiary alicyclic amines) is 1. The molecular weight excluding hydrogens is 210 g/mol. The van der Waals surface area contributed by atoms with Crippen molar-refractivity contribution in [3.8, 4) is 6.07 Å². The van der Waals surface area contributed by atoms with Crippen LogP contribution < -0.4 is 5.32 Å². The second-order valence-electron chi connectivity index (χ2n) is 5.57. The molecule has 1 saturated heterocycles. The molecule has 2 rings (SSSR count). The highest BCUT2D eigenvalue weighted by Gasteiger charge is 2.40. The molecule has 1 N–H and O–H groups in total. The molecule has 0 aromatic heterocycles. The summed E-state index contributed by atoms with van der Waals surface area (Å²) < 4.78 is 0. The summed E-state index contributed by atoms with van der Waals surface area (Å²) in [6.45, 7) is 5.50. The first-order valence-corrected chi connectivity index (χ1v) is 7.20. The molecule has 2 fully saturated rings. The van der Waals surface area contributed by atoms with Crippen molar-refractivity contribution in [3.63, 3.8) is 0 Å². The van der Waals surface area contributed by atoms with Crippen molar-refractivity contribution in [1.82, 2.24) is 10.2 Å². The van der Waals surface area contributed by atoms with Crippen LogP contribution in [-0.2, 0) is 0 Å². The summed E-state index contributed by atoms with van der Waals surface area (Å²) in [5.41, 5.74) is -0.230. The van der Waals surface area contributed by atoms with Gasteiger partial charge in [-0.1, -0.05) is 19.8 Å². The minimum Gasteiger partial charge on any atom is -0.300 e. The van der Waals surface area contributed by atoms with Crippen molar-refractivity contribution in [3.05, 3.63) is 0 Å². The van der Waals surface area contributed by atoms with Gasteiger partial charge in [-0.3, -0.25) is 5.32 Å². The monoisotopic (exact) mass is 235 g/mol. The maximum Gasteiger partial charge on any atom is 0.108 e. The largest absolute Gasteiger partial charge is 0.300 e. The first-order chi connectivity index (χ1) is 8.29. The molecule has 2 unspecified atom stereocenters. The summed E-state index contributed by atoms with van der Waals surface area (Å²) in [4.78, 5) is 2.64. The molecular formula is C14H25N3. The lowest BCUT2D eigenvalue weighted by atomic mass is 9.99. The summed E-state index contributed by atoms with van der Waals surface area (Å²) in [5, 5.41) is 12.8. The van der Waals surface area contributed by atoms with E-state index in [4.69, 9.17) is 0 Å². The molecule has 0 aromatic carbocycles. The molecule has 0 spiro atoms. The highest BCUT2D eigenvalue weighted by Crippen LogP contribution is 2.33. The van der Waals surface area contributed by atoms with Gasteiger partial charge in [0.05, 0.1) is 6.07 Å². The molecule has 1 aliphatic carbocycles. The van der Waals surface area contributed by atoms with Crippen molar-refractivity contribution >= 4 is 0 Å². The van der Waals surface area contributed by atoms with Gasteiger partial charge in [-0.15, -0.1) is 0 Å². The molecule has 1 heterocycles. The van der Waals surface area contributed by atoms with Crippen LogP contribution in [0.3, 0.4) is 0 Å². The Morgan fingerprint density at radius 3 is 2.59 bits per heavy atom. The van der Waals surface area contributed by atoms with E-state index < -0.39 is 0 Å². The molecule has 1 saturated carbocycles. The number of rotatable bonds is 3. The van der Waals surface area contributed by atoms with E-state index in [1.165, 1.54) is 45.2 Å². The van der Waals surface area contributed by atoms with Gasteiger partial charge in [0.25, 0.3) is 0 Å². The maximum absolute atomic E-state index is 9.39. The Kier molecular flexibility index (Phi) is 4.42. The van der Waals surface area contributed by atoms with Gasteiger partial charge in [0, 0.05) is 6.04 Å². The number of nitriles is 1. The summed E-state index contributed by atoms with van der Waals surface area (Å²) >= 11 is 0. The summed E-state index contributed by atoms with van der Waals surface area (Å²) in [6.07, 6.45) is 8.71. The second-order valence-corrected chi connectivity index (χ2v) is 5.57. The molecule has 2 atom stereocenters. The van der Waals surface area contributed by atoms with Gasteiger partial charge in [-0.25, -0.2) is 0 Å². The van der Waals surface area contributed by atoms with Crippen LogP contribution >= 0.6 is 0 Å². The minimum absolute atomic E-state index is 0.230. The summed E-state index contributed by atoms with van der Waals surface area (Å²) in [6, 6.07) is 3.17. The molecule has 96 valence electrons. The lowest BCUT2D eigenvalue weighted by Gasteiger charge is -2.29. The zero-order valence-corrected chi connectivity index (χ0v) is 11.0. The van der Waals surface area contributed by atoms with Crippen LogP contribution in [0.2, 0.25) is 0 Å². The van der Waals surface area contributed by atoms with E-state index in [2.05, 4.69) is 23.2 Å². The Balaban J connectivity index is 1.93. The van der Waals surface area contributed by atoms with Gasteiger partial charge >= 0.3 is 0 Å². The smallest absolute Gasteiger partial charge is 0.108 e. The molecule has 1 aliphatic heterocycles. The van der Waals surface area contributed by atoms with E-state index in [9.17, 15) is 5.26 Å². The predicted octanol–water partition coefficient (Wildman–Crippen LogP) is 2.29. The fraction of sp³-hybridized carbons (Fsp3) is 0.929. The van der Waals surface area contributed by atoms with Crippen LogP contribution in [0.25, 0.3) is 0 Å². The van der Waals surface area contributed by atoms with Gasteiger partial charge in [0.2, 0.25) is 0 Å². The topological polar surface area (TPSA) is 39.1 Å². The summed E-state index contributed by atoms with van der Waals surface area (Å²) in [7, 11) is 0. The average Bonchev–Trinajstić information content (AvgIpc) is 2.60. The maximum atomic E-state index is 9.39. The van der Waals surface area contributed by atoms with Gasteiger partial charge in [-0.05, 0) is 51.7 Å². The first-order valence-electron chi connectivity index (χ1n) is 7.20. The molecule has 17 heavy (non-hydrogen) atoms. The van der Waals surface area contributed by atoms with Crippen molar-refractivity contribution in [2.24, 2.45) is 0 Å². The molecule has 0 amide bonds. The van der Waals surface area contributed by atoms with Crippen LogP contribution in [0, 0.1) is 11.3 Å². The van der Waals surface area contributed by atoms with Gasteiger partial charge < -0.3 is 4.90 Å². The fourth-order valence-corrected chi connectivity index (χ4v) is 3.43. The van der Waals surface area contributed by atoms with Gasteiger partial charge in [-0.2, -0.15) is 5.26 Å². The molecule has 0 aromatic rings. The fourth-order valence-electron chi connectivity index (χ4n) is 3.43. The number of hydrogen-bond donors (Lipinski definition) is 1. The Morgan fingerprint density at radius 1 is 1.29 bits per heavy atom. The SMILES string of the molecule is CCNC1(C#N)CCC(N2CCCCCC2)C1. The molecule has 0 radical (unpaired) electrons. The van der Waals surface area contributed by atoms with Gasteiger partial charge in [0.1, 0.15) is 5.54 Å². The quantitative estimate of drug-likeness (QED) is 0.815. The lowest BCUT2D eigenvalue weighted by Crippen LogP contribution is -2.44. The van der Waals surface area contributed by atoms with E-state index in [0.717, 1.165) is 19.4 Å². The van der Waals surface area contributed by atoms with E-state index in [-0.39, 0.29) is 5.54 Å². The van der Waals surface area contributed by atoms with Crippen molar-refractivity contribution in [1.29, 1.82) is 5.26 Å². The third-order valence-corrected chi connectivity index (χ3v) is 4.37. The Labute approximate surface area is 105 Å². The molecule has 3 nitrogen and oxygen atoms in total. The van der Waals surface area contributed by atoms with Gasteiger partial charge in [0.15, 0.2) is 0 Å². The Hall–Kier alpha value is -0.590. The zero-order chi connectivity index (χ0) is 12.1. The van der Waals surface area contributed by atoms with Crippen molar-refractivity contribution in [2.45, 2.75) is 63.5 Å². The first kappa shape index (κ1) is 12.9. The standard InChI is InChI=1S/C14H25N3/c1-2-16-14(12-15)8-7-13(11-14)17-9-5-3-4-6-10-17/h13,16H,2-11H2,1H3. The summed E-state index contributed by atoms with van der Waals surface area (Å²) in [5.74, 6) is 0. The number of nitrogens with one attached hydrogen (secondary N) is 1. The number of nitrogens with zero attached hydrogens (tertiary/aromatic N) is 2. The van der Waals surface area contributed by atoms with Crippen LogP contribution in [0.5, 0.6) is 0 Å². The predicted molar refractivity (Wildman–Crippen MR) is 69.7 cm³/mol. The normalized spacial score (nSPS) is 35.4. The van der Waals surface area contributed by atoms with E-state index in [1.54, 1.807) is 0 Å². The van der Waals surface area contributed by atoms with Crippen LogP contribution in [0.15, 0.2) is 0 Å². The van der Waals surface area contributed by atoms with Crippen LogP contribution in [-0.4, -0.2) is 36.1 Å². The van der Waals surface area contributed by atoms with Crippen LogP contribution in [0.1, 0.15) is 51.9 Å². The van der Waals surface area contributed by atoms with Crippen molar-refractivity contribution in [2.75, 3.05) is 19.6 Å². The minimum atomic E-state index is -0.230. The van der Waals surface area contributed by atoms with E-state index in [1.807, 2.05) is 0 Å². The molecule has 3 heteroatoms. The van der Waals surface area contributed by atoms with E-state index >= 15 is 0 Å². The van der Waals surface area contributed by atoms with Crippen molar-refractivity contribution < 1.29 is 0 Å². The third kappa shape index (κ3) is 3.00. The third-order valence-electron chi connectivity index (χ3n) is 4.37. The molecule has 2 aliphatic rings. The zero-order valence-electron chi connectivity index (χ0n) is 11.0. The Bertz CT molecular complexity index is 276. The molecule has 0 bridgehead atoms. The van der Waals surface area contributed by atoms with E-state index in [0.29, 0.717) is 6.04 Å². The second kappa shape index (κ2) is 5.84.